The summed E-state index contributed by atoms with van der Waals surface area (Å²) in [6.07, 6.45) is 3.61. The molecule has 0 bridgehead atoms. The first-order valence-corrected chi connectivity index (χ1v) is 4.86. The molecule has 2 aromatic rings. The molecule has 0 aromatic carbocycles. The topological polar surface area (TPSA) is 53.6 Å². The lowest BCUT2D eigenvalue weighted by atomic mass is 10.5. The smallest absolute Gasteiger partial charge is 0.182 e. The number of thiazole rings is 1. The van der Waals surface area contributed by atoms with E-state index in [1.165, 1.54) is 0 Å². The van der Waals surface area contributed by atoms with Crippen LogP contribution in [0.4, 0.5) is 5.13 Å². The normalized spacial score (nSPS) is 10.2. The first-order valence-electron chi connectivity index (χ1n) is 3.98. The third-order valence-electron chi connectivity index (χ3n) is 1.62. The number of hydrogen-bond donors (Lipinski definition) is 2. The molecule has 0 atom stereocenters. The van der Waals surface area contributed by atoms with Gasteiger partial charge in [-0.2, -0.15) is 0 Å². The van der Waals surface area contributed by atoms with Crippen LogP contribution in [-0.4, -0.2) is 15.0 Å². The van der Waals surface area contributed by atoms with Crippen molar-refractivity contribution in [1.29, 1.82) is 0 Å². The van der Waals surface area contributed by atoms with E-state index in [1.807, 2.05) is 18.5 Å². The maximum absolute atomic E-state index is 4.11. The summed E-state index contributed by atoms with van der Waals surface area (Å²) in [5, 5.41) is 6.07. The van der Waals surface area contributed by atoms with Gasteiger partial charge < -0.3 is 10.3 Å². The molecule has 4 nitrogen and oxygen atoms in total. The molecule has 2 heterocycles. The highest BCUT2D eigenvalue weighted by molar-refractivity contribution is 7.13. The summed E-state index contributed by atoms with van der Waals surface area (Å²) in [7, 11) is 0. The number of imidazole rings is 1. The van der Waals surface area contributed by atoms with Gasteiger partial charge in [-0.25, -0.2) is 9.97 Å². The van der Waals surface area contributed by atoms with Gasteiger partial charge >= 0.3 is 0 Å². The van der Waals surface area contributed by atoms with E-state index >= 15 is 0 Å². The Morgan fingerprint density at radius 3 is 3.08 bits per heavy atom. The molecule has 0 fully saturated rings. The predicted octanol–water partition coefficient (Wildman–Crippen LogP) is 1.79. The molecule has 0 saturated carbocycles. The van der Waals surface area contributed by atoms with Crippen LogP contribution in [0.15, 0.2) is 17.8 Å². The highest BCUT2D eigenvalue weighted by atomic mass is 32.1. The van der Waals surface area contributed by atoms with Gasteiger partial charge in [-0.15, -0.1) is 11.3 Å². The van der Waals surface area contributed by atoms with Gasteiger partial charge in [0.15, 0.2) is 5.13 Å². The maximum Gasteiger partial charge on any atom is 0.182 e. The maximum atomic E-state index is 4.11. The minimum absolute atomic E-state index is 0.744. The summed E-state index contributed by atoms with van der Waals surface area (Å²) in [5.74, 6) is 0.941. The molecule has 0 saturated heterocycles. The summed E-state index contributed by atoms with van der Waals surface area (Å²) >= 11 is 1.59. The molecule has 0 amide bonds. The van der Waals surface area contributed by atoms with E-state index in [2.05, 4.69) is 20.3 Å². The fourth-order valence-electron chi connectivity index (χ4n) is 1.04. The Morgan fingerprint density at radius 2 is 2.46 bits per heavy atom. The Bertz CT molecular complexity index is 365. The van der Waals surface area contributed by atoms with Crippen LogP contribution in [0.3, 0.4) is 0 Å². The highest BCUT2D eigenvalue weighted by Gasteiger charge is 1.97. The van der Waals surface area contributed by atoms with Crippen molar-refractivity contribution < 1.29 is 0 Å². The number of H-pyrrole nitrogens is 1. The number of hydrogen-bond acceptors (Lipinski definition) is 4. The monoisotopic (exact) mass is 194 g/mol. The molecule has 0 aliphatic carbocycles. The van der Waals surface area contributed by atoms with Crippen LogP contribution in [0.5, 0.6) is 0 Å². The number of rotatable bonds is 3. The molecule has 2 N–H and O–H groups in total. The van der Waals surface area contributed by atoms with E-state index in [4.69, 9.17) is 0 Å². The molecule has 0 aliphatic rings. The third-order valence-corrected chi connectivity index (χ3v) is 2.35. The number of aromatic nitrogens is 3. The predicted molar refractivity (Wildman–Crippen MR) is 52.8 cm³/mol. The molecule has 0 aliphatic heterocycles. The highest BCUT2D eigenvalue weighted by Crippen LogP contribution is 2.11. The summed E-state index contributed by atoms with van der Waals surface area (Å²) in [4.78, 5) is 11.4. The Labute approximate surface area is 80.1 Å². The van der Waals surface area contributed by atoms with Crippen LogP contribution in [0.2, 0.25) is 0 Å². The van der Waals surface area contributed by atoms with Crippen molar-refractivity contribution in [3.05, 3.63) is 29.3 Å². The van der Waals surface area contributed by atoms with Gasteiger partial charge in [0.25, 0.3) is 0 Å². The Kier molecular flexibility index (Phi) is 2.27. The standard InChI is InChI=1S/C8H10N4S/c1-6-10-4-7(12-6)5-11-8-9-2-3-13-8/h2-4H,5H2,1H3,(H,9,11)(H,10,12). The average Bonchev–Trinajstić information content (AvgIpc) is 2.71. The SMILES string of the molecule is Cc1ncc(CNc2nccs2)[nH]1. The Morgan fingerprint density at radius 1 is 1.54 bits per heavy atom. The minimum Gasteiger partial charge on any atom is -0.356 e. The summed E-state index contributed by atoms with van der Waals surface area (Å²) in [6, 6.07) is 0. The van der Waals surface area contributed by atoms with Crippen molar-refractivity contribution in [2.75, 3.05) is 5.32 Å². The third kappa shape index (κ3) is 2.06. The minimum atomic E-state index is 0.744. The lowest BCUT2D eigenvalue weighted by molar-refractivity contribution is 1.04. The quantitative estimate of drug-likeness (QED) is 0.783. The van der Waals surface area contributed by atoms with E-state index < -0.39 is 0 Å². The largest absolute Gasteiger partial charge is 0.356 e. The zero-order valence-electron chi connectivity index (χ0n) is 7.24. The molecule has 13 heavy (non-hydrogen) atoms. The fraction of sp³-hybridized carbons (Fsp3) is 0.250. The van der Waals surface area contributed by atoms with Crippen molar-refractivity contribution in [2.45, 2.75) is 13.5 Å². The zero-order chi connectivity index (χ0) is 9.10. The van der Waals surface area contributed by atoms with Crippen molar-refractivity contribution in [3.63, 3.8) is 0 Å². The summed E-state index contributed by atoms with van der Waals surface area (Å²) in [6.45, 7) is 2.68. The van der Waals surface area contributed by atoms with Crippen LogP contribution in [0, 0.1) is 6.92 Å². The Hall–Kier alpha value is -1.36. The van der Waals surface area contributed by atoms with Gasteiger partial charge in [-0.05, 0) is 6.92 Å². The van der Waals surface area contributed by atoms with Gasteiger partial charge in [0.1, 0.15) is 5.82 Å². The van der Waals surface area contributed by atoms with Crippen LogP contribution >= 0.6 is 11.3 Å². The van der Waals surface area contributed by atoms with E-state index in [1.54, 1.807) is 17.5 Å². The lowest BCUT2D eigenvalue weighted by Gasteiger charge is -1.98. The number of aryl methyl sites for hydroxylation is 1. The number of aromatic amines is 1. The van der Waals surface area contributed by atoms with Gasteiger partial charge in [-0.1, -0.05) is 0 Å². The van der Waals surface area contributed by atoms with Crippen molar-refractivity contribution in [3.8, 4) is 0 Å². The zero-order valence-corrected chi connectivity index (χ0v) is 8.06. The molecule has 5 heteroatoms. The van der Waals surface area contributed by atoms with E-state index in [0.29, 0.717) is 0 Å². The number of nitrogens with zero attached hydrogens (tertiary/aromatic N) is 2. The van der Waals surface area contributed by atoms with Crippen LogP contribution in [0.25, 0.3) is 0 Å². The van der Waals surface area contributed by atoms with Crippen LogP contribution in [0.1, 0.15) is 11.5 Å². The fourth-order valence-corrected chi connectivity index (χ4v) is 1.57. The second kappa shape index (κ2) is 3.57. The van der Waals surface area contributed by atoms with Crippen LogP contribution < -0.4 is 5.32 Å². The Balaban J connectivity index is 1.93. The number of anilines is 1. The molecule has 2 rings (SSSR count). The summed E-state index contributed by atoms with van der Waals surface area (Å²) < 4.78 is 0. The average molecular weight is 194 g/mol. The van der Waals surface area contributed by atoms with Crippen molar-refractivity contribution in [2.24, 2.45) is 0 Å². The van der Waals surface area contributed by atoms with E-state index in [-0.39, 0.29) is 0 Å². The molecular formula is C8H10N4S. The molecule has 68 valence electrons. The van der Waals surface area contributed by atoms with Gasteiger partial charge in [-0.3, -0.25) is 0 Å². The molecule has 0 radical (unpaired) electrons. The van der Waals surface area contributed by atoms with E-state index in [9.17, 15) is 0 Å². The van der Waals surface area contributed by atoms with Gasteiger partial charge in [0, 0.05) is 11.6 Å². The summed E-state index contributed by atoms with van der Waals surface area (Å²) in [5.41, 5.74) is 1.08. The van der Waals surface area contributed by atoms with Gasteiger partial charge in [0.05, 0.1) is 18.4 Å². The molecule has 2 aromatic heterocycles. The van der Waals surface area contributed by atoms with Gasteiger partial charge in [0.2, 0.25) is 0 Å². The number of nitrogens with one attached hydrogen (secondary N) is 2. The second-order valence-electron chi connectivity index (χ2n) is 2.68. The van der Waals surface area contributed by atoms with Crippen molar-refractivity contribution in [1.82, 2.24) is 15.0 Å². The van der Waals surface area contributed by atoms with Crippen LogP contribution in [-0.2, 0) is 6.54 Å². The first kappa shape index (κ1) is 8.25. The molecular weight excluding hydrogens is 184 g/mol. The molecule has 0 spiro atoms. The van der Waals surface area contributed by atoms with Crippen molar-refractivity contribution >= 4 is 16.5 Å². The van der Waals surface area contributed by atoms with E-state index in [0.717, 1.165) is 23.2 Å². The first-order chi connectivity index (χ1) is 6.34. The molecule has 0 unspecified atom stereocenters. The lowest BCUT2D eigenvalue weighted by Crippen LogP contribution is -1.98. The second-order valence-corrected chi connectivity index (χ2v) is 3.58.